The van der Waals surface area contributed by atoms with Crippen molar-refractivity contribution in [1.82, 2.24) is 14.9 Å². The van der Waals surface area contributed by atoms with Crippen molar-refractivity contribution in [3.8, 4) is 0 Å². The number of piperidine rings is 1. The average Bonchev–Trinajstić information content (AvgIpc) is 2.42. The summed E-state index contributed by atoms with van der Waals surface area (Å²) in [5.74, 6) is -0.0241. The molecular weight excluding hydrogens is 260 g/mol. The molecule has 1 aliphatic rings. The van der Waals surface area contributed by atoms with Crippen LogP contribution in [0.15, 0.2) is 17.2 Å². The summed E-state index contributed by atoms with van der Waals surface area (Å²) in [6.07, 6.45) is 5.29. The number of rotatable bonds is 5. The maximum atomic E-state index is 12.0. The fourth-order valence-electron chi connectivity index (χ4n) is 2.51. The first-order chi connectivity index (χ1) is 9.58. The van der Waals surface area contributed by atoms with Crippen molar-refractivity contribution < 1.29 is 9.90 Å². The van der Waals surface area contributed by atoms with E-state index in [9.17, 15) is 9.59 Å². The highest BCUT2D eigenvalue weighted by Gasteiger charge is 2.22. The predicted octanol–water partition coefficient (Wildman–Crippen LogP) is -0.329. The summed E-state index contributed by atoms with van der Waals surface area (Å²) in [7, 11) is 1.71. The van der Waals surface area contributed by atoms with Gasteiger partial charge in [0.05, 0.1) is 6.54 Å². The number of anilines is 1. The van der Waals surface area contributed by atoms with Gasteiger partial charge in [0.15, 0.2) is 5.82 Å². The van der Waals surface area contributed by atoms with Gasteiger partial charge in [-0.05, 0) is 18.8 Å². The van der Waals surface area contributed by atoms with Gasteiger partial charge in [-0.1, -0.05) is 0 Å². The quantitative estimate of drug-likeness (QED) is 0.768. The molecule has 0 amide bonds. The van der Waals surface area contributed by atoms with Crippen LogP contribution in [-0.2, 0) is 11.8 Å². The Morgan fingerprint density at radius 2 is 2.40 bits per heavy atom. The number of aromatic nitrogens is 2. The molecule has 0 aliphatic carbocycles. The van der Waals surface area contributed by atoms with E-state index in [1.807, 2.05) is 4.90 Å². The van der Waals surface area contributed by atoms with Gasteiger partial charge in [-0.15, -0.1) is 0 Å². The highest BCUT2D eigenvalue weighted by molar-refractivity contribution is 5.68. The van der Waals surface area contributed by atoms with Gasteiger partial charge in [0.25, 0.3) is 5.56 Å². The van der Waals surface area contributed by atoms with E-state index in [0.29, 0.717) is 18.3 Å². The van der Waals surface area contributed by atoms with Crippen molar-refractivity contribution in [3.05, 3.63) is 22.7 Å². The van der Waals surface area contributed by atoms with E-state index < -0.39 is 5.97 Å². The molecule has 0 radical (unpaired) electrons. The molecule has 1 aromatic rings. The zero-order valence-electron chi connectivity index (χ0n) is 11.6. The van der Waals surface area contributed by atoms with Crippen molar-refractivity contribution in [2.24, 2.45) is 13.0 Å². The van der Waals surface area contributed by atoms with E-state index in [0.717, 1.165) is 25.9 Å². The van der Waals surface area contributed by atoms with Crippen LogP contribution >= 0.6 is 0 Å². The van der Waals surface area contributed by atoms with Gasteiger partial charge in [-0.3, -0.25) is 9.59 Å². The Hall–Kier alpha value is -1.89. The molecule has 1 unspecified atom stereocenters. The Morgan fingerprint density at radius 3 is 3.15 bits per heavy atom. The van der Waals surface area contributed by atoms with Crippen LogP contribution in [-0.4, -0.2) is 46.8 Å². The SMILES string of the molecule is Cn1ccnc(N2CCCC(CNCC(=O)O)C2)c1=O. The lowest BCUT2D eigenvalue weighted by Crippen LogP contribution is -2.43. The monoisotopic (exact) mass is 280 g/mol. The minimum Gasteiger partial charge on any atom is -0.480 e. The lowest BCUT2D eigenvalue weighted by Gasteiger charge is -2.33. The van der Waals surface area contributed by atoms with Gasteiger partial charge < -0.3 is 19.9 Å². The lowest BCUT2D eigenvalue weighted by molar-refractivity contribution is -0.136. The van der Waals surface area contributed by atoms with E-state index >= 15 is 0 Å². The molecule has 110 valence electrons. The molecule has 0 spiro atoms. The molecule has 1 aromatic heterocycles. The number of aryl methyl sites for hydroxylation is 1. The van der Waals surface area contributed by atoms with E-state index in [-0.39, 0.29) is 12.1 Å². The summed E-state index contributed by atoms with van der Waals surface area (Å²) < 4.78 is 1.52. The molecule has 2 rings (SSSR count). The van der Waals surface area contributed by atoms with E-state index in [1.54, 1.807) is 19.4 Å². The summed E-state index contributed by atoms with van der Waals surface area (Å²) in [6, 6.07) is 0. The Balaban J connectivity index is 1.98. The van der Waals surface area contributed by atoms with Gasteiger partial charge in [-0.25, -0.2) is 4.98 Å². The fourth-order valence-corrected chi connectivity index (χ4v) is 2.51. The second kappa shape index (κ2) is 6.51. The maximum Gasteiger partial charge on any atom is 0.317 e. The highest BCUT2D eigenvalue weighted by Crippen LogP contribution is 2.18. The van der Waals surface area contributed by atoms with Gasteiger partial charge in [-0.2, -0.15) is 0 Å². The first kappa shape index (κ1) is 14.5. The largest absolute Gasteiger partial charge is 0.480 e. The molecule has 7 nitrogen and oxygen atoms in total. The molecular formula is C13H20N4O3. The van der Waals surface area contributed by atoms with E-state index in [1.165, 1.54) is 4.57 Å². The van der Waals surface area contributed by atoms with Crippen molar-refractivity contribution >= 4 is 11.8 Å². The van der Waals surface area contributed by atoms with Crippen LogP contribution in [0.4, 0.5) is 5.82 Å². The molecule has 2 heterocycles. The highest BCUT2D eigenvalue weighted by atomic mass is 16.4. The summed E-state index contributed by atoms with van der Waals surface area (Å²) in [4.78, 5) is 28.7. The molecule has 0 saturated carbocycles. The fraction of sp³-hybridized carbons (Fsp3) is 0.615. The number of nitrogens with one attached hydrogen (secondary N) is 1. The van der Waals surface area contributed by atoms with Crippen LogP contribution in [0.25, 0.3) is 0 Å². The lowest BCUT2D eigenvalue weighted by atomic mass is 9.98. The van der Waals surface area contributed by atoms with Gasteiger partial charge in [0, 0.05) is 39.1 Å². The molecule has 1 saturated heterocycles. The molecule has 1 aliphatic heterocycles. The molecule has 0 aromatic carbocycles. The van der Waals surface area contributed by atoms with Crippen molar-refractivity contribution in [1.29, 1.82) is 0 Å². The van der Waals surface area contributed by atoms with Crippen molar-refractivity contribution in [3.63, 3.8) is 0 Å². The number of nitrogens with zero attached hydrogens (tertiary/aromatic N) is 3. The smallest absolute Gasteiger partial charge is 0.317 e. The second-order valence-electron chi connectivity index (χ2n) is 5.15. The molecule has 1 atom stereocenters. The molecule has 20 heavy (non-hydrogen) atoms. The zero-order chi connectivity index (χ0) is 14.5. The zero-order valence-corrected chi connectivity index (χ0v) is 11.6. The average molecular weight is 280 g/mol. The molecule has 1 fully saturated rings. The van der Waals surface area contributed by atoms with Gasteiger partial charge >= 0.3 is 5.97 Å². The molecule has 2 N–H and O–H groups in total. The standard InChI is InChI=1S/C13H20N4O3/c1-16-6-4-15-12(13(16)20)17-5-2-3-10(9-17)7-14-8-11(18)19/h4,6,10,14H,2-3,5,7-9H2,1H3,(H,18,19). The number of carboxylic acids is 1. The van der Waals surface area contributed by atoms with Gasteiger partial charge in [0.2, 0.25) is 0 Å². The van der Waals surface area contributed by atoms with Crippen LogP contribution in [0.5, 0.6) is 0 Å². The third kappa shape index (κ3) is 3.57. The number of aliphatic carboxylic acids is 1. The normalized spacial score (nSPS) is 19.1. The summed E-state index contributed by atoms with van der Waals surface area (Å²) in [5, 5.41) is 11.5. The minimum atomic E-state index is -0.851. The maximum absolute atomic E-state index is 12.0. The second-order valence-corrected chi connectivity index (χ2v) is 5.15. The number of carboxylic acid groups (broad SMARTS) is 1. The number of hydrogen-bond donors (Lipinski definition) is 2. The van der Waals surface area contributed by atoms with Crippen LogP contribution in [0, 0.1) is 5.92 Å². The first-order valence-electron chi connectivity index (χ1n) is 6.77. The van der Waals surface area contributed by atoms with Crippen LogP contribution in [0.3, 0.4) is 0 Å². The summed E-state index contributed by atoms with van der Waals surface area (Å²) in [5.41, 5.74) is -0.0911. The Bertz CT molecular complexity index is 529. The van der Waals surface area contributed by atoms with Crippen LogP contribution in [0.1, 0.15) is 12.8 Å². The van der Waals surface area contributed by atoms with E-state index in [2.05, 4.69) is 10.3 Å². The summed E-state index contributed by atoms with van der Waals surface area (Å²) in [6.45, 7) is 2.18. The van der Waals surface area contributed by atoms with Crippen molar-refractivity contribution in [2.45, 2.75) is 12.8 Å². The molecule has 0 bridgehead atoms. The van der Waals surface area contributed by atoms with Crippen LogP contribution < -0.4 is 15.8 Å². The van der Waals surface area contributed by atoms with Crippen molar-refractivity contribution in [2.75, 3.05) is 31.1 Å². The topological polar surface area (TPSA) is 87.5 Å². The predicted molar refractivity (Wildman–Crippen MR) is 74.9 cm³/mol. The third-order valence-electron chi connectivity index (χ3n) is 3.53. The Kier molecular flexibility index (Phi) is 4.73. The Morgan fingerprint density at radius 1 is 1.60 bits per heavy atom. The number of carbonyl (C=O) groups is 1. The summed E-state index contributed by atoms with van der Waals surface area (Å²) >= 11 is 0. The van der Waals surface area contributed by atoms with Gasteiger partial charge in [0.1, 0.15) is 0 Å². The van der Waals surface area contributed by atoms with E-state index in [4.69, 9.17) is 5.11 Å². The molecule has 7 heteroatoms. The minimum absolute atomic E-state index is 0.0259. The third-order valence-corrected chi connectivity index (χ3v) is 3.53. The Labute approximate surface area is 117 Å². The first-order valence-corrected chi connectivity index (χ1v) is 6.77. The van der Waals surface area contributed by atoms with Crippen LogP contribution in [0.2, 0.25) is 0 Å². The number of hydrogen-bond acceptors (Lipinski definition) is 5.